The zero-order chi connectivity index (χ0) is 27.3. The number of ether oxygens (including phenoxy) is 1. The lowest BCUT2D eigenvalue weighted by Gasteiger charge is -2.35. The van der Waals surface area contributed by atoms with Gasteiger partial charge in [0.05, 0.1) is 12.9 Å². The van der Waals surface area contributed by atoms with Crippen molar-refractivity contribution in [1.29, 1.82) is 0 Å². The molecule has 15 nitrogen and oxygen atoms in total. The molecule has 0 spiro atoms. The van der Waals surface area contributed by atoms with E-state index in [1.807, 2.05) is 4.90 Å². The number of nitrogens with two attached hydrogens (primary N) is 1. The summed E-state index contributed by atoms with van der Waals surface area (Å²) >= 11 is 0. The molecule has 6 rings (SSSR count). The number of aliphatic hydroxyl groups is 2. The maximum Gasteiger partial charge on any atom is 0.254 e. The number of carbonyl (C=O) groups is 3. The summed E-state index contributed by atoms with van der Waals surface area (Å²) in [5, 5.41) is 26.9. The van der Waals surface area contributed by atoms with Crippen molar-refractivity contribution in [1.82, 2.24) is 34.6 Å². The largest absolute Gasteiger partial charge is 0.387 e. The number of benzene rings is 1. The van der Waals surface area contributed by atoms with Crippen molar-refractivity contribution in [3.8, 4) is 0 Å². The van der Waals surface area contributed by atoms with Gasteiger partial charge in [-0.05, 0) is 12.1 Å². The van der Waals surface area contributed by atoms with E-state index in [1.165, 1.54) is 17.2 Å². The van der Waals surface area contributed by atoms with Crippen LogP contribution in [0.15, 0.2) is 30.9 Å². The van der Waals surface area contributed by atoms with E-state index >= 15 is 0 Å². The molecule has 4 atom stereocenters. The lowest BCUT2D eigenvalue weighted by Crippen LogP contribution is -2.54. The second-order valence-electron chi connectivity index (χ2n) is 9.68. The minimum Gasteiger partial charge on any atom is -0.387 e. The molecule has 41 heavy (non-hydrogen) atoms. The Labute approximate surface area is 245 Å². The molecule has 1 aromatic carbocycles. The van der Waals surface area contributed by atoms with Gasteiger partial charge in [0.2, 0.25) is 5.91 Å². The van der Waals surface area contributed by atoms with Gasteiger partial charge in [0.25, 0.3) is 11.8 Å². The lowest BCUT2D eigenvalue weighted by molar-refractivity contribution is -0.150. The zero-order valence-electron chi connectivity index (χ0n) is 21.5. The molecule has 3 aliphatic rings. The first-order valence-corrected chi connectivity index (χ1v) is 12.5. The predicted octanol–water partition coefficient (Wildman–Crippen LogP) is -1.10. The highest BCUT2D eigenvalue weighted by atomic mass is 35.5. The zero-order valence-corrected chi connectivity index (χ0v) is 23.2. The highest BCUT2D eigenvalue weighted by Crippen LogP contribution is 2.33. The first kappa shape index (κ1) is 30.4. The van der Waals surface area contributed by atoms with Gasteiger partial charge in [-0.3, -0.25) is 23.9 Å². The van der Waals surface area contributed by atoms with Gasteiger partial charge in [0.15, 0.2) is 23.8 Å². The summed E-state index contributed by atoms with van der Waals surface area (Å²) in [7, 11) is 0. The third-order valence-electron chi connectivity index (χ3n) is 7.31. The van der Waals surface area contributed by atoms with Gasteiger partial charge < -0.3 is 36.2 Å². The molecule has 3 amide bonds. The van der Waals surface area contributed by atoms with Crippen LogP contribution in [0.5, 0.6) is 0 Å². The number of aromatic nitrogens is 4. The van der Waals surface area contributed by atoms with Crippen LogP contribution in [0.2, 0.25) is 0 Å². The molecular weight excluding hydrogens is 581 g/mol. The molecule has 2 saturated heterocycles. The molecule has 2 fully saturated rings. The Kier molecular flexibility index (Phi) is 8.96. The monoisotopic (exact) mass is 609 g/mol. The number of anilines is 2. The van der Waals surface area contributed by atoms with Crippen molar-refractivity contribution in [2.45, 2.75) is 31.1 Å². The number of nitrogen functional groups attached to an aromatic ring is 1. The number of piperazine rings is 1. The summed E-state index contributed by atoms with van der Waals surface area (Å²) < 4.78 is 7.23. The van der Waals surface area contributed by atoms with E-state index in [-0.39, 0.29) is 49.0 Å². The van der Waals surface area contributed by atoms with E-state index in [0.717, 1.165) is 5.56 Å². The number of hydrogen-bond acceptors (Lipinski definition) is 11. The topological polar surface area (TPSA) is 201 Å². The molecule has 0 radical (unpaired) electrons. The highest BCUT2D eigenvalue weighted by molar-refractivity contribution is 6.02. The SMILES string of the molecule is Cl.Cl.Nc1ncnc2c1ncn2C1OC(C(=O)N2CCN(CC(=O)Nc3cccc4c3CNC4=O)CC2)C(O)C1O. The van der Waals surface area contributed by atoms with Crippen LogP contribution in [0.3, 0.4) is 0 Å². The smallest absolute Gasteiger partial charge is 0.254 e. The van der Waals surface area contributed by atoms with Gasteiger partial charge in [0.1, 0.15) is 24.1 Å². The van der Waals surface area contributed by atoms with Gasteiger partial charge >= 0.3 is 0 Å². The van der Waals surface area contributed by atoms with Crippen LogP contribution in [0.1, 0.15) is 22.1 Å². The Morgan fingerprint density at radius 1 is 1.10 bits per heavy atom. The molecule has 3 aromatic rings. The summed E-state index contributed by atoms with van der Waals surface area (Å²) in [4.78, 5) is 53.4. The van der Waals surface area contributed by atoms with E-state index in [1.54, 1.807) is 23.1 Å². The van der Waals surface area contributed by atoms with Crippen LogP contribution in [0, 0.1) is 0 Å². The number of imidazole rings is 1. The number of aliphatic hydroxyl groups excluding tert-OH is 2. The van der Waals surface area contributed by atoms with Gasteiger partial charge in [0, 0.05) is 49.5 Å². The Balaban J connectivity index is 0.00000194. The van der Waals surface area contributed by atoms with Crippen molar-refractivity contribution in [2.75, 3.05) is 43.8 Å². The summed E-state index contributed by atoms with van der Waals surface area (Å²) in [6, 6.07) is 5.21. The Bertz CT molecular complexity index is 1460. The number of carbonyl (C=O) groups excluding carboxylic acids is 3. The van der Waals surface area contributed by atoms with Crippen LogP contribution >= 0.6 is 24.8 Å². The number of rotatable bonds is 5. The Morgan fingerprint density at radius 3 is 2.61 bits per heavy atom. The normalized spacial score (nSPS) is 23.9. The van der Waals surface area contributed by atoms with Crippen molar-refractivity contribution < 1.29 is 29.3 Å². The molecule has 0 aliphatic carbocycles. The minimum absolute atomic E-state index is 0. The van der Waals surface area contributed by atoms with Crippen LogP contribution in [-0.4, -0.2) is 108 Å². The maximum absolute atomic E-state index is 13.2. The molecule has 0 saturated carbocycles. The van der Waals surface area contributed by atoms with Crippen molar-refractivity contribution in [2.24, 2.45) is 0 Å². The van der Waals surface area contributed by atoms with Gasteiger partial charge in [-0.1, -0.05) is 6.07 Å². The van der Waals surface area contributed by atoms with Crippen molar-refractivity contribution >= 4 is 65.2 Å². The van der Waals surface area contributed by atoms with Gasteiger partial charge in [-0.25, -0.2) is 15.0 Å². The Hall–Kier alpha value is -3.60. The van der Waals surface area contributed by atoms with E-state index < -0.39 is 30.4 Å². The summed E-state index contributed by atoms with van der Waals surface area (Å²) in [6.45, 7) is 1.99. The molecule has 17 heteroatoms. The molecule has 4 unspecified atom stereocenters. The fourth-order valence-electron chi connectivity index (χ4n) is 5.22. The van der Waals surface area contributed by atoms with E-state index in [0.29, 0.717) is 55.1 Å². The fraction of sp³-hybridized carbons (Fsp3) is 0.417. The van der Waals surface area contributed by atoms with Gasteiger partial charge in [-0.2, -0.15) is 0 Å². The van der Waals surface area contributed by atoms with Crippen LogP contribution in [0.25, 0.3) is 11.2 Å². The first-order chi connectivity index (χ1) is 18.8. The maximum atomic E-state index is 13.2. The summed E-state index contributed by atoms with van der Waals surface area (Å²) in [5.74, 6) is -0.677. The number of fused-ring (bicyclic) bond motifs is 2. The standard InChI is InChI=1S/C24H27N9O6.2ClH/c25-20-16-21(28-10-27-20)33(11-29-16)24-18(36)17(35)19(39-24)23(38)32-6-4-31(5-7-32)9-15(34)30-14-3-1-2-12-13(14)8-26-22(12)37;;/h1-3,10-11,17-19,24,35-36H,4-9H2,(H,26,37)(H,30,34)(H2,25,27,28);2*1H. The molecular formula is C24H29Cl2N9O6. The molecule has 6 N–H and O–H groups in total. The third-order valence-corrected chi connectivity index (χ3v) is 7.31. The molecule has 3 aliphatic heterocycles. The second kappa shape index (κ2) is 12.1. The van der Waals surface area contributed by atoms with Crippen molar-refractivity contribution in [3.63, 3.8) is 0 Å². The average Bonchev–Trinajstić information content (AvgIpc) is 3.61. The van der Waals surface area contributed by atoms with Crippen LogP contribution in [0.4, 0.5) is 11.5 Å². The molecule has 220 valence electrons. The predicted molar refractivity (Wildman–Crippen MR) is 149 cm³/mol. The lowest BCUT2D eigenvalue weighted by atomic mass is 10.1. The van der Waals surface area contributed by atoms with Gasteiger partial charge in [-0.15, -0.1) is 24.8 Å². The minimum atomic E-state index is -1.46. The number of halogens is 2. The second-order valence-corrected chi connectivity index (χ2v) is 9.68. The average molecular weight is 610 g/mol. The van der Waals surface area contributed by atoms with E-state index in [9.17, 15) is 24.6 Å². The third kappa shape index (κ3) is 5.51. The number of nitrogens with one attached hydrogen (secondary N) is 2. The molecule has 0 bridgehead atoms. The molecule has 5 heterocycles. The number of nitrogens with zero attached hydrogens (tertiary/aromatic N) is 6. The van der Waals surface area contributed by atoms with E-state index in [4.69, 9.17) is 10.5 Å². The summed E-state index contributed by atoms with van der Waals surface area (Å²) in [5.41, 5.74) is 8.38. The molecule has 2 aromatic heterocycles. The highest BCUT2D eigenvalue weighted by Gasteiger charge is 2.49. The Morgan fingerprint density at radius 2 is 1.85 bits per heavy atom. The van der Waals surface area contributed by atoms with Crippen LogP contribution in [-0.2, 0) is 20.9 Å². The first-order valence-electron chi connectivity index (χ1n) is 12.5. The van der Waals surface area contributed by atoms with Crippen molar-refractivity contribution in [3.05, 3.63) is 42.0 Å². The number of amides is 3. The number of hydrogen-bond donors (Lipinski definition) is 5. The quantitative estimate of drug-likeness (QED) is 0.235. The van der Waals surface area contributed by atoms with E-state index in [2.05, 4.69) is 25.6 Å². The summed E-state index contributed by atoms with van der Waals surface area (Å²) in [6.07, 6.45) is -2.62. The fourth-order valence-corrected chi connectivity index (χ4v) is 5.22. The van der Waals surface area contributed by atoms with Crippen LogP contribution < -0.4 is 16.4 Å².